The van der Waals surface area contributed by atoms with E-state index in [0.29, 0.717) is 16.8 Å². The number of sulfonamides is 1. The van der Waals surface area contributed by atoms with Crippen molar-refractivity contribution in [2.45, 2.75) is 11.4 Å². The van der Waals surface area contributed by atoms with Crippen molar-refractivity contribution in [3.05, 3.63) is 102 Å². The first-order valence-electron chi connectivity index (χ1n) is 10.6. The third kappa shape index (κ3) is 5.63. The van der Waals surface area contributed by atoms with E-state index in [1.807, 2.05) is 30.3 Å². The second-order valence-corrected chi connectivity index (χ2v) is 9.30. The highest BCUT2D eigenvalue weighted by Gasteiger charge is 2.17. The number of hydrogen-bond acceptors (Lipinski definition) is 4. The molecule has 2 N–H and O–H groups in total. The van der Waals surface area contributed by atoms with Gasteiger partial charge in [-0.25, -0.2) is 17.5 Å². The van der Waals surface area contributed by atoms with Gasteiger partial charge in [0.1, 0.15) is 5.82 Å². The maximum atomic E-state index is 13.5. The van der Waals surface area contributed by atoms with Gasteiger partial charge in [0, 0.05) is 29.4 Å². The van der Waals surface area contributed by atoms with Gasteiger partial charge in [0.2, 0.25) is 10.0 Å². The van der Waals surface area contributed by atoms with Crippen molar-refractivity contribution in [1.29, 1.82) is 0 Å². The molecule has 7 nitrogen and oxygen atoms in total. The number of nitrogens with zero attached hydrogens (tertiary/aromatic N) is 2. The zero-order valence-electron chi connectivity index (χ0n) is 18.5. The molecule has 1 aromatic heterocycles. The topological polar surface area (TPSA) is 93.1 Å². The first-order chi connectivity index (χ1) is 16.9. The highest BCUT2D eigenvalue weighted by Crippen LogP contribution is 2.24. The molecular weight excluding hydrogens is 467 g/mol. The Morgan fingerprint density at radius 2 is 1.77 bits per heavy atom. The fourth-order valence-electron chi connectivity index (χ4n) is 3.40. The van der Waals surface area contributed by atoms with E-state index in [9.17, 15) is 17.6 Å². The van der Waals surface area contributed by atoms with Gasteiger partial charge >= 0.3 is 0 Å². The van der Waals surface area contributed by atoms with Crippen LogP contribution in [-0.2, 0) is 16.6 Å². The Morgan fingerprint density at radius 3 is 2.49 bits per heavy atom. The van der Waals surface area contributed by atoms with Gasteiger partial charge in [-0.05, 0) is 54.6 Å². The zero-order valence-corrected chi connectivity index (χ0v) is 19.3. The lowest BCUT2D eigenvalue weighted by Gasteiger charge is -2.08. The van der Waals surface area contributed by atoms with Crippen molar-refractivity contribution < 1.29 is 17.6 Å². The van der Waals surface area contributed by atoms with Crippen LogP contribution in [0.4, 0.5) is 4.39 Å². The van der Waals surface area contributed by atoms with Crippen LogP contribution in [0.3, 0.4) is 0 Å². The molecule has 4 rings (SSSR count). The van der Waals surface area contributed by atoms with Gasteiger partial charge in [0.25, 0.3) is 5.91 Å². The number of nitrogens with one attached hydrogen (secondary N) is 2. The van der Waals surface area contributed by atoms with Crippen LogP contribution in [0.1, 0.15) is 15.9 Å². The van der Waals surface area contributed by atoms with E-state index < -0.39 is 15.9 Å². The molecule has 3 aromatic carbocycles. The summed E-state index contributed by atoms with van der Waals surface area (Å²) in [4.78, 5) is 12.8. The molecule has 0 aliphatic carbocycles. The average Bonchev–Trinajstić information content (AvgIpc) is 3.31. The van der Waals surface area contributed by atoms with Crippen molar-refractivity contribution in [3.63, 3.8) is 0 Å². The minimum atomic E-state index is -3.84. The number of carbonyl (C=O) groups is 1. The van der Waals surface area contributed by atoms with Crippen LogP contribution in [0.15, 0.2) is 90.0 Å². The molecule has 0 saturated heterocycles. The minimum Gasteiger partial charge on any atom is -0.348 e. The fourth-order valence-corrected chi connectivity index (χ4v) is 4.38. The molecule has 0 radical (unpaired) electrons. The first kappa shape index (κ1) is 23.9. The third-order valence-corrected chi connectivity index (χ3v) is 6.54. The van der Waals surface area contributed by atoms with Gasteiger partial charge in [0.15, 0.2) is 0 Å². The lowest BCUT2D eigenvalue weighted by atomic mass is 10.1. The van der Waals surface area contributed by atoms with Gasteiger partial charge in [0.05, 0.1) is 22.8 Å². The molecule has 0 saturated carbocycles. The van der Waals surface area contributed by atoms with E-state index in [-0.39, 0.29) is 29.4 Å². The van der Waals surface area contributed by atoms with Gasteiger partial charge in [-0.1, -0.05) is 30.2 Å². The van der Waals surface area contributed by atoms with E-state index in [2.05, 4.69) is 21.1 Å². The summed E-state index contributed by atoms with van der Waals surface area (Å²) < 4.78 is 42.1. The second kappa shape index (κ2) is 10.3. The molecule has 4 aromatic rings. The smallest absolute Gasteiger partial charge is 0.251 e. The molecular formula is C26H21FN4O3S. The molecule has 0 atom stereocenters. The minimum absolute atomic E-state index is 0.0655. The van der Waals surface area contributed by atoms with Gasteiger partial charge < -0.3 is 5.32 Å². The average molecular weight is 489 g/mol. The van der Waals surface area contributed by atoms with Crippen molar-refractivity contribution >= 4 is 15.9 Å². The molecule has 0 unspecified atom stereocenters. The maximum Gasteiger partial charge on any atom is 0.251 e. The molecule has 176 valence electrons. The Bertz CT molecular complexity index is 1490. The zero-order chi connectivity index (χ0) is 24.8. The highest BCUT2D eigenvalue weighted by atomic mass is 32.2. The van der Waals surface area contributed by atoms with Crippen molar-refractivity contribution in [2.24, 2.45) is 0 Å². The summed E-state index contributed by atoms with van der Waals surface area (Å²) >= 11 is 0. The highest BCUT2D eigenvalue weighted by molar-refractivity contribution is 7.89. The van der Waals surface area contributed by atoms with Crippen LogP contribution in [0, 0.1) is 18.2 Å². The summed E-state index contributed by atoms with van der Waals surface area (Å²) in [6, 6.07) is 21.0. The number of benzene rings is 3. The summed E-state index contributed by atoms with van der Waals surface area (Å²) in [5.74, 6) is 1.38. The summed E-state index contributed by atoms with van der Waals surface area (Å²) in [6.07, 6.45) is 6.91. The molecule has 0 fully saturated rings. The van der Waals surface area contributed by atoms with Crippen LogP contribution in [-0.4, -0.2) is 30.7 Å². The fraction of sp³-hybridized carbons (Fsp3) is 0.0769. The van der Waals surface area contributed by atoms with Crippen LogP contribution in [0.25, 0.3) is 16.9 Å². The monoisotopic (exact) mass is 488 g/mol. The Balaban J connectivity index is 1.59. The van der Waals surface area contributed by atoms with Crippen LogP contribution < -0.4 is 10.0 Å². The van der Waals surface area contributed by atoms with Crippen LogP contribution in [0.5, 0.6) is 0 Å². The largest absolute Gasteiger partial charge is 0.348 e. The van der Waals surface area contributed by atoms with E-state index in [1.54, 1.807) is 23.0 Å². The van der Waals surface area contributed by atoms with Crippen molar-refractivity contribution in [2.75, 3.05) is 6.54 Å². The third-order valence-electron chi connectivity index (χ3n) is 5.14. The van der Waals surface area contributed by atoms with Gasteiger partial charge in [-0.15, -0.1) is 6.42 Å². The van der Waals surface area contributed by atoms with E-state index >= 15 is 0 Å². The van der Waals surface area contributed by atoms with Crippen molar-refractivity contribution in [3.8, 4) is 29.3 Å². The predicted octanol–water partition coefficient (Wildman–Crippen LogP) is 3.52. The van der Waals surface area contributed by atoms with Crippen LogP contribution in [0.2, 0.25) is 0 Å². The summed E-state index contributed by atoms with van der Waals surface area (Å²) in [5.41, 5.74) is 2.98. The summed E-state index contributed by atoms with van der Waals surface area (Å²) in [7, 11) is -3.84. The number of para-hydroxylation sites is 1. The SMILES string of the molecule is C#CCNS(=O)(=O)c1cccc(C(=O)NCc2cn(-c3ccccc3)nc2-c2ccc(F)cc2)c1. The number of halogens is 1. The second-order valence-electron chi connectivity index (χ2n) is 7.53. The molecule has 0 aliphatic rings. The van der Waals surface area contributed by atoms with E-state index in [4.69, 9.17) is 6.42 Å². The number of carbonyl (C=O) groups excluding carboxylic acids is 1. The molecule has 0 spiro atoms. The Labute approximate surface area is 202 Å². The lowest BCUT2D eigenvalue weighted by Crippen LogP contribution is -2.26. The van der Waals surface area contributed by atoms with E-state index in [1.165, 1.54) is 36.4 Å². The summed E-state index contributed by atoms with van der Waals surface area (Å²) in [6.45, 7) is -0.0407. The normalized spacial score (nSPS) is 11.1. The maximum absolute atomic E-state index is 13.5. The molecule has 1 amide bonds. The quantitative estimate of drug-likeness (QED) is 0.371. The van der Waals surface area contributed by atoms with E-state index in [0.717, 1.165) is 5.69 Å². The molecule has 9 heteroatoms. The standard InChI is InChI=1S/C26H21FN4O3S/c1-2-15-29-35(33,34)24-10-6-7-20(16-24)26(32)28-17-21-18-31(23-8-4-3-5-9-23)30-25(21)19-11-13-22(27)14-12-19/h1,3-14,16,18,29H,15,17H2,(H,28,32). The number of hydrogen-bond donors (Lipinski definition) is 2. The Morgan fingerprint density at radius 1 is 1.03 bits per heavy atom. The molecule has 35 heavy (non-hydrogen) atoms. The number of aromatic nitrogens is 2. The molecule has 1 heterocycles. The molecule has 0 aliphatic heterocycles. The van der Waals surface area contributed by atoms with Gasteiger partial charge in [-0.2, -0.15) is 9.82 Å². The van der Waals surface area contributed by atoms with Crippen molar-refractivity contribution in [1.82, 2.24) is 19.8 Å². The number of amides is 1. The summed E-state index contributed by atoms with van der Waals surface area (Å²) in [5, 5.41) is 7.45. The van der Waals surface area contributed by atoms with Crippen LogP contribution >= 0.6 is 0 Å². The lowest BCUT2D eigenvalue weighted by molar-refractivity contribution is 0.0950. The first-order valence-corrected chi connectivity index (χ1v) is 12.1. The number of terminal acetylenes is 1. The Kier molecular flexibility index (Phi) is 7.06. The molecule has 0 bridgehead atoms. The predicted molar refractivity (Wildman–Crippen MR) is 131 cm³/mol. The van der Waals surface area contributed by atoms with Gasteiger partial charge in [-0.3, -0.25) is 4.79 Å². The Hall–Kier alpha value is -4.26. The number of rotatable bonds is 8.